The van der Waals surface area contributed by atoms with E-state index in [1.807, 2.05) is 6.92 Å². The van der Waals surface area contributed by atoms with Crippen molar-refractivity contribution >= 4 is 34.3 Å². The third kappa shape index (κ3) is 4.11. The largest absolute Gasteiger partial charge is 0.458 e. The van der Waals surface area contributed by atoms with E-state index in [2.05, 4.69) is 22.6 Å². The average molecular weight is 346 g/mol. The quantitative estimate of drug-likeness (QED) is 0.356. The molecule has 3 nitrogen and oxygen atoms in total. The molecule has 1 rings (SSSR count). The van der Waals surface area contributed by atoms with Gasteiger partial charge in [-0.1, -0.05) is 41.6 Å². The van der Waals surface area contributed by atoms with Crippen LogP contribution in [0.25, 0.3) is 0 Å². The number of alkyl halides is 1. The van der Waals surface area contributed by atoms with Gasteiger partial charge >= 0.3 is 5.97 Å². The zero-order valence-electron chi connectivity index (χ0n) is 9.90. The van der Waals surface area contributed by atoms with Crippen molar-refractivity contribution in [2.45, 2.75) is 26.4 Å². The highest BCUT2D eigenvalue weighted by Crippen LogP contribution is 2.10. The average Bonchev–Trinajstić information content (AvgIpc) is 2.35. The van der Waals surface area contributed by atoms with Crippen LogP contribution < -0.4 is 0 Å². The van der Waals surface area contributed by atoms with Gasteiger partial charge < -0.3 is 4.74 Å². The van der Waals surface area contributed by atoms with Gasteiger partial charge in [0.15, 0.2) is 5.78 Å². The van der Waals surface area contributed by atoms with Crippen LogP contribution >= 0.6 is 22.6 Å². The second kappa shape index (κ2) is 6.74. The third-order valence-electron chi connectivity index (χ3n) is 2.43. The molecule has 4 heteroatoms. The summed E-state index contributed by atoms with van der Waals surface area (Å²) < 4.78 is 6.09. The number of esters is 1. The Morgan fingerprint density at radius 3 is 2.18 bits per heavy atom. The minimum atomic E-state index is -0.330. The lowest BCUT2D eigenvalue weighted by Gasteiger charge is -2.13. The molecule has 0 amide bonds. The van der Waals surface area contributed by atoms with Crippen molar-refractivity contribution in [3.05, 3.63) is 35.4 Å². The molecule has 92 valence electrons. The Morgan fingerprint density at radius 2 is 1.76 bits per heavy atom. The van der Waals surface area contributed by atoms with E-state index in [1.54, 1.807) is 24.3 Å². The number of benzene rings is 1. The van der Waals surface area contributed by atoms with Gasteiger partial charge in [0, 0.05) is 9.99 Å². The fourth-order valence-electron chi connectivity index (χ4n) is 1.28. The molecule has 1 unspecified atom stereocenters. The standard InChI is InChI=1S/C13H15IO3/c1-3-12(8-14)17-13(16)11-6-4-10(5-7-11)9(2)15/h4-7,12H,3,8H2,1-2H3. The number of halogens is 1. The van der Waals surface area contributed by atoms with Gasteiger partial charge in [0.05, 0.1) is 5.56 Å². The van der Waals surface area contributed by atoms with Crippen molar-refractivity contribution in [2.24, 2.45) is 0 Å². The van der Waals surface area contributed by atoms with Gasteiger partial charge in [-0.2, -0.15) is 0 Å². The van der Waals surface area contributed by atoms with Gasteiger partial charge in [-0.3, -0.25) is 4.79 Å². The summed E-state index contributed by atoms with van der Waals surface area (Å²) in [5.41, 5.74) is 1.08. The van der Waals surface area contributed by atoms with Crippen molar-refractivity contribution in [3.63, 3.8) is 0 Å². The molecule has 1 atom stereocenters. The van der Waals surface area contributed by atoms with Crippen molar-refractivity contribution in [3.8, 4) is 0 Å². The number of carbonyl (C=O) groups is 2. The minimum absolute atomic E-state index is 0.0105. The van der Waals surface area contributed by atoms with Crippen LogP contribution in [0.1, 0.15) is 41.0 Å². The number of ketones is 1. The highest BCUT2D eigenvalue weighted by atomic mass is 127. The molecule has 1 aromatic carbocycles. The lowest BCUT2D eigenvalue weighted by molar-refractivity contribution is 0.0349. The highest BCUT2D eigenvalue weighted by Gasteiger charge is 2.13. The molecule has 0 heterocycles. The second-order valence-corrected chi connectivity index (χ2v) is 4.60. The van der Waals surface area contributed by atoms with Crippen LogP contribution in [0.15, 0.2) is 24.3 Å². The third-order valence-corrected chi connectivity index (χ3v) is 3.41. The molecule has 0 N–H and O–H groups in total. The van der Waals surface area contributed by atoms with Gasteiger partial charge in [0.1, 0.15) is 6.10 Å². The van der Waals surface area contributed by atoms with Crippen LogP contribution in [0.3, 0.4) is 0 Å². The van der Waals surface area contributed by atoms with Crippen LogP contribution in [0.5, 0.6) is 0 Å². The van der Waals surface area contributed by atoms with Crippen LogP contribution in [0.2, 0.25) is 0 Å². The van der Waals surface area contributed by atoms with Crippen LogP contribution in [0, 0.1) is 0 Å². The molecule has 0 aliphatic heterocycles. The van der Waals surface area contributed by atoms with E-state index < -0.39 is 0 Å². The van der Waals surface area contributed by atoms with Crippen molar-refractivity contribution < 1.29 is 14.3 Å². The predicted molar refractivity (Wildman–Crippen MR) is 74.8 cm³/mol. The van der Waals surface area contributed by atoms with E-state index in [1.165, 1.54) is 6.92 Å². The van der Waals surface area contributed by atoms with E-state index >= 15 is 0 Å². The summed E-state index contributed by atoms with van der Waals surface area (Å²) >= 11 is 2.19. The normalized spacial score (nSPS) is 11.9. The Morgan fingerprint density at radius 1 is 1.24 bits per heavy atom. The Bertz CT molecular complexity index is 394. The number of hydrogen-bond donors (Lipinski definition) is 0. The first-order valence-corrected chi connectivity index (χ1v) is 6.99. The second-order valence-electron chi connectivity index (χ2n) is 3.72. The Balaban J connectivity index is 2.73. The topological polar surface area (TPSA) is 43.4 Å². The predicted octanol–water partition coefficient (Wildman–Crippen LogP) is 3.26. The zero-order valence-corrected chi connectivity index (χ0v) is 12.1. The fourth-order valence-corrected chi connectivity index (χ4v) is 2.09. The van der Waals surface area contributed by atoms with E-state index in [0.717, 1.165) is 10.8 Å². The number of ether oxygens (including phenoxy) is 1. The van der Waals surface area contributed by atoms with Crippen molar-refractivity contribution in [1.82, 2.24) is 0 Å². The summed E-state index contributed by atoms with van der Waals surface area (Å²) in [6.07, 6.45) is 0.760. The van der Waals surface area contributed by atoms with Crippen LogP contribution in [-0.4, -0.2) is 22.3 Å². The number of hydrogen-bond acceptors (Lipinski definition) is 3. The molecule has 0 spiro atoms. The zero-order chi connectivity index (χ0) is 12.8. The van der Waals surface area contributed by atoms with Crippen molar-refractivity contribution in [2.75, 3.05) is 4.43 Å². The molecule has 0 radical (unpaired) electrons. The molecule has 17 heavy (non-hydrogen) atoms. The van der Waals surface area contributed by atoms with Crippen LogP contribution in [-0.2, 0) is 4.74 Å². The van der Waals surface area contributed by atoms with Gasteiger partial charge in [0.25, 0.3) is 0 Å². The summed E-state index contributed by atoms with van der Waals surface area (Å²) in [7, 11) is 0. The van der Waals surface area contributed by atoms with E-state index in [0.29, 0.717) is 11.1 Å². The maximum Gasteiger partial charge on any atom is 0.338 e. The first-order chi connectivity index (χ1) is 8.08. The Labute approximate surface area is 115 Å². The lowest BCUT2D eigenvalue weighted by Crippen LogP contribution is -2.18. The van der Waals surface area contributed by atoms with Crippen molar-refractivity contribution in [1.29, 1.82) is 0 Å². The minimum Gasteiger partial charge on any atom is -0.458 e. The smallest absolute Gasteiger partial charge is 0.338 e. The molecule has 0 saturated carbocycles. The highest BCUT2D eigenvalue weighted by molar-refractivity contribution is 14.1. The molecule has 0 aliphatic carbocycles. The first kappa shape index (κ1) is 14.2. The maximum atomic E-state index is 11.7. The molecular formula is C13H15IO3. The summed E-state index contributed by atoms with van der Waals surface area (Å²) in [5, 5.41) is 0. The molecule has 0 saturated heterocycles. The summed E-state index contributed by atoms with van der Waals surface area (Å²) in [6, 6.07) is 6.53. The fraction of sp³-hybridized carbons (Fsp3) is 0.385. The maximum absolute atomic E-state index is 11.7. The Kier molecular flexibility index (Phi) is 5.61. The molecule has 0 aliphatic rings. The van der Waals surface area contributed by atoms with Crippen LogP contribution in [0.4, 0.5) is 0 Å². The molecular weight excluding hydrogens is 331 g/mol. The molecule has 0 aromatic heterocycles. The van der Waals surface area contributed by atoms with E-state index in [4.69, 9.17) is 4.74 Å². The molecule has 0 bridgehead atoms. The molecule has 1 aromatic rings. The van der Waals surface area contributed by atoms with Gasteiger partial charge in [0.2, 0.25) is 0 Å². The Hall–Kier alpha value is -0.910. The summed E-state index contributed by atoms with van der Waals surface area (Å²) in [6.45, 7) is 3.48. The van der Waals surface area contributed by atoms with Gasteiger partial charge in [-0.25, -0.2) is 4.79 Å². The van der Waals surface area contributed by atoms with E-state index in [9.17, 15) is 9.59 Å². The summed E-state index contributed by atoms with van der Waals surface area (Å²) in [4.78, 5) is 22.8. The number of carbonyl (C=O) groups excluding carboxylic acids is 2. The summed E-state index contributed by atoms with van der Waals surface area (Å²) in [5.74, 6) is -0.341. The SMILES string of the molecule is CCC(CI)OC(=O)c1ccc(C(C)=O)cc1. The molecule has 0 fully saturated rings. The van der Waals surface area contributed by atoms with Gasteiger partial charge in [-0.15, -0.1) is 0 Å². The monoisotopic (exact) mass is 346 g/mol. The number of rotatable bonds is 5. The lowest BCUT2D eigenvalue weighted by atomic mass is 10.1. The number of Topliss-reactive ketones (excluding diaryl/α,β-unsaturated/α-hetero) is 1. The first-order valence-electron chi connectivity index (χ1n) is 5.46. The van der Waals surface area contributed by atoms with E-state index in [-0.39, 0.29) is 17.9 Å². The van der Waals surface area contributed by atoms with Gasteiger partial charge in [-0.05, 0) is 25.5 Å².